The molecule has 6 nitrogen and oxygen atoms in total. The molecule has 0 amide bonds. The van der Waals surface area contributed by atoms with Gasteiger partial charge in [-0.2, -0.15) is 9.61 Å². The summed E-state index contributed by atoms with van der Waals surface area (Å²) in [7, 11) is 1.66. The lowest BCUT2D eigenvalue weighted by molar-refractivity contribution is 0.175. The highest BCUT2D eigenvalue weighted by Gasteiger charge is 2.42. The van der Waals surface area contributed by atoms with Crippen LogP contribution in [-0.4, -0.2) is 40.0 Å². The summed E-state index contributed by atoms with van der Waals surface area (Å²) in [5.74, 6) is 1.32. The molecule has 3 heterocycles. The predicted molar refractivity (Wildman–Crippen MR) is 73.4 cm³/mol. The van der Waals surface area contributed by atoms with E-state index in [-0.39, 0.29) is 5.41 Å². The standard InChI is InChI=1S/C12H19N5OS/c1-8(2)12(4-5-13-7-12)10-16-17-9(6-18-3)14-15-11(17)19-10/h8,13H,4-7H2,1-3H3. The van der Waals surface area contributed by atoms with E-state index >= 15 is 0 Å². The first-order valence-electron chi connectivity index (χ1n) is 6.58. The summed E-state index contributed by atoms with van der Waals surface area (Å²) < 4.78 is 6.96. The number of hydrogen-bond donors (Lipinski definition) is 1. The molecule has 0 aliphatic carbocycles. The van der Waals surface area contributed by atoms with Crippen LogP contribution in [-0.2, 0) is 16.8 Å². The predicted octanol–water partition coefficient (Wildman–Crippen LogP) is 1.22. The van der Waals surface area contributed by atoms with Gasteiger partial charge in [0.15, 0.2) is 5.82 Å². The van der Waals surface area contributed by atoms with Gasteiger partial charge in [0, 0.05) is 19.1 Å². The first-order chi connectivity index (χ1) is 9.17. The molecule has 1 N–H and O–H groups in total. The topological polar surface area (TPSA) is 64.3 Å². The number of nitrogens with one attached hydrogen (secondary N) is 1. The van der Waals surface area contributed by atoms with Gasteiger partial charge in [-0.25, -0.2) is 0 Å². The third-order valence-electron chi connectivity index (χ3n) is 4.05. The fraction of sp³-hybridized carbons (Fsp3) is 0.750. The molecule has 1 aliphatic rings. The minimum absolute atomic E-state index is 0.135. The molecule has 1 saturated heterocycles. The normalized spacial score (nSPS) is 23.8. The van der Waals surface area contributed by atoms with Crippen molar-refractivity contribution in [3.05, 3.63) is 10.8 Å². The Bertz CT molecular complexity index is 570. The molecule has 0 saturated carbocycles. The number of nitrogens with zero attached hydrogens (tertiary/aromatic N) is 4. The fourth-order valence-corrected chi connectivity index (χ4v) is 3.93. The number of ether oxygens (including phenoxy) is 1. The monoisotopic (exact) mass is 281 g/mol. The molecule has 104 valence electrons. The highest BCUT2D eigenvalue weighted by atomic mass is 32.1. The van der Waals surface area contributed by atoms with Gasteiger partial charge in [-0.05, 0) is 18.9 Å². The minimum Gasteiger partial charge on any atom is -0.377 e. The summed E-state index contributed by atoms with van der Waals surface area (Å²) in [5, 5.41) is 17.7. The SMILES string of the molecule is COCc1nnc2sc(C3(C(C)C)CCNC3)nn12. The van der Waals surface area contributed by atoms with Gasteiger partial charge in [0.1, 0.15) is 11.6 Å². The quantitative estimate of drug-likeness (QED) is 0.913. The lowest BCUT2D eigenvalue weighted by Gasteiger charge is -2.29. The van der Waals surface area contributed by atoms with Crippen LogP contribution in [0, 0.1) is 5.92 Å². The summed E-state index contributed by atoms with van der Waals surface area (Å²) in [6, 6.07) is 0. The van der Waals surface area contributed by atoms with Crippen molar-refractivity contribution in [2.75, 3.05) is 20.2 Å². The van der Waals surface area contributed by atoms with Crippen molar-refractivity contribution in [2.45, 2.75) is 32.3 Å². The third kappa shape index (κ3) is 1.96. The Morgan fingerprint density at radius 2 is 2.32 bits per heavy atom. The van der Waals surface area contributed by atoms with E-state index in [9.17, 15) is 0 Å². The molecule has 1 aliphatic heterocycles. The maximum atomic E-state index is 5.13. The zero-order valence-electron chi connectivity index (χ0n) is 11.5. The molecule has 2 aromatic rings. The molecular weight excluding hydrogens is 262 g/mol. The molecule has 0 spiro atoms. The highest BCUT2D eigenvalue weighted by Crippen LogP contribution is 2.39. The van der Waals surface area contributed by atoms with Gasteiger partial charge in [0.05, 0.1) is 0 Å². The number of methoxy groups -OCH3 is 1. The summed E-state index contributed by atoms with van der Waals surface area (Å²) in [5.41, 5.74) is 0.135. The van der Waals surface area contributed by atoms with Gasteiger partial charge in [0.2, 0.25) is 4.96 Å². The molecule has 7 heteroatoms. The average molecular weight is 281 g/mol. The molecule has 3 rings (SSSR count). The molecule has 19 heavy (non-hydrogen) atoms. The summed E-state index contributed by atoms with van der Waals surface area (Å²) >= 11 is 1.65. The number of hydrogen-bond acceptors (Lipinski definition) is 6. The second kappa shape index (κ2) is 4.81. The van der Waals surface area contributed by atoms with Crippen LogP contribution in [0.15, 0.2) is 0 Å². The summed E-state index contributed by atoms with van der Waals surface area (Å²) in [6.45, 7) is 7.03. The average Bonchev–Trinajstić information content (AvgIpc) is 3.04. The highest BCUT2D eigenvalue weighted by molar-refractivity contribution is 7.16. The summed E-state index contributed by atoms with van der Waals surface area (Å²) in [6.07, 6.45) is 1.13. The van der Waals surface area contributed by atoms with Crippen molar-refractivity contribution in [2.24, 2.45) is 5.92 Å². The number of aromatic nitrogens is 4. The third-order valence-corrected chi connectivity index (χ3v) is 5.17. The fourth-order valence-electron chi connectivity index (χ4n) is 2.71. The Morgan fingerprint density at radius 3 is 2.95 bits per heavy atom. The van der Waals surface area contributed by atoms with E-state index in [1.807, 2.05) is 4.52 Å². The Hall–Kier alpha value is -1.05. The van der Waals surface area contributed by atoms with Crippen LogP contribution < -0.4 is 5.32 Å². The van der Waals surface area contributed by atoms with Gasteiger partial charge in [-0.1, -0.05) is 25.2 Å². The van der Waals surface area contributed by atoms with Crippen LogP contribution in [0.25, 0.3) is 4.96 Å². The van der Waals surface area contributed by atoms with Crippen molar-refractivity contribution in [1.29, 1.82) is 0 Å². The largest absolute Gasteiger partial charge is 0.377 e. The van der Waals surface area contributed by atoms with E-state index in [1.54, 1.807) is 18.4 Å². The first-order valence-corrected chi connectivity index (χ1v) is 7.40. The first kappa shape index (κ1) is 13.0. The molecular formula is C12H19N5OS. The van der Waals surface area contributed by atoms with Crippen LogP contribution >= 0.6 is 11.3 Å². The van der Waals surface area contributed by atoms with Gasteiger partial charge >= 0.3 is 0 Å². The van der Waals surface area contributed by atoms with Gasteiger partial charge in [-0.3, -0.25) is 0 Å². The van der Waals surface area contributed by atoms with Gasteiger partial charge < -0.3 is 10.1 Å². The van der Waals surface area contributed by atoms with E-state index in [4.69, 9.17) is 9.84 Å². The van der Waals surface area contributed by atoms with E-state index in [0.717, 1.165) is 35.3 Å². The lowest BCUT2D eigenvalue weighted by atomic mass is 9.77. The molecule has 1 unspecified atom stereocenters. The van der Waals surface area contributed by atoms with Crippen LogP contribution in [0.5, 0.6) is 0 Å². The van der Waals surface area contributed by atoms with Gasteiger partial charge in [-0.15, -0.1) is 10.2 Å². The number of rotatable bonds is 4. The van der Waals surface area contributed by atoms with Crippen molar-refractivity contribution in [1.82, 2.24) is 25.1 Å². The molecule has 0 radical (unpaired) electrons. The van der Waals surface area contributed by atoms with Crippen molar-refractivity contribution in [3.8, 4) is 0 Å². The molecule has 1 fully saturated rings. The van der Waals surface area contributed by atoms with Crippen molar-refractivity contribution >= 4 is 16.3 Å². The molecule has 0 bridgehead atoms. The van der Waals surface area contributed by atoms with Crippen LogP contribution in [0.1, 0.15) is 31.1 Å². The van der Waals surface area contributed by atoms with Crippen LogP contribution in [0.4, 0.5) is 0 Å². The minimum atomic E-state index is 0.135. The Labute approximate surface area is 116 Å². The second-order valence-electron chi connectivity index (χ2n) is 5.39. The number of fused-ring (bicyclic) bond motifs is 1. The zero-order chi connectivity index (χ0) is 13.5. The summed E-state index contributed by atoms with van der Waals surface area (Å²) in [4.78, 5) is 0.856. The van der Waals surface area contributed by atoms with E-state index in [0.29, 0.717) is 12.5 Å². The second-order valence-corrected chi connectivity index (χ2v) is 6.34. The van der Waals surface area contributed by atoms with E-state index in [1.165, 1.54) is 0 Å². The molecule has 0 aromatic carbocycles. The molecule has 2 aromatic heterocycles. The zero-order valence-corrected chi connectivity index (χ0v) is 12.3. The van der Waals surface area contributed by atoms with Crippen molar-refractivity contribution < 1.29 is 4.74 Å². The van der Waals surface area contributed by atoms with Crippen LogP contribution in [0.2, 0.25) is 0 Å². The Kier molecular flexibility index (Phi) is 3.28. The van der Waals surface area contributed by atoms with E-state index in [2.05, 4.69) is 29.4 Å². The Morgan fingerprint density at radius 1 is 1.47 bits per heavy atom. The molecule has 1 atom stereocenters. The van der Waals surface area contributed by atoms with Crippen molar-refractivity contribution in [3.63, 3.8) is 0 Å². The van der Waals surface area contributed by atoms with E-state index < -0.39 is 0 Å². The maximum absolute atomic E-state index is 5.13. The van der Waals surface area contributed by atoms with Gasteiger partial charge in [0.25, 0.3) is 0 Å². The Balaban J connectivity index is 2.04. The van der Waals surface area contributed by atoms with Crippen LogP contribution in [0.3, 0.4) is 0 Å². The lowest BCUT2D eigenvalue weighted by Crippen LogP contribution is -2.34. The smallest absolute Gasteiger partial charge is 0.234 e. The maximum Gasteiger partial charge on any atom is 0.234 e.